The molecule has 0 heterocycles. The molecule has 0 fully saturated rings. The van der Waals surface area contributed by atoms with Gasteiger partial charge < -0.3 is 20.5 Å². The molecular formula is C20H26F2IN3O2. The third kappa shape index (κ3) is 6.59. The number of hydrogen-bond donors (Lipinski definition) is 3. The van der Waals surface area contributed by atoms with Crippen LogP contribution in [0.3, 0.4) is 0 Å². The smallest absolute Gasteiger partial charge is 0.191 e. The molecule has 0 saturated carbocycles. The van der Waals surface area contributed by atoms with Crippen LogP contribution >= 0.6 is 24.0 Å². The summed E-state index contributed by atoms with van der Waals surface area (Å²) < 4.78 is 32.6. The molecular weight excluding hydrogens is 479 g/mol. The summed E-state index contributed by atoms with van der Waals surface area (Å²) in [4.78, 5) is 4.31. The summed E-state index contributed by atoms with van der Waals surface area (Å²) in [5.74, 6) is -0.294. The number of halogens is 3. The zero-order chi connectivity index (χ0) is 19.8. The molecule has 3 N–H and O–H groups in total. The molecule has 2 unspecified atom stereocenters. The van der Waals surface area contributed by atoms with Crippen LogP contribution in [-0.4, -0.2) is 31.3 Å². The lowest BCUT2D eigenvalue weighted by molar-refractivity contribution is 0.182. The summed E-state index contributed by atoms with van der Waals surface area (Å²) >= 11 is 0. The zero-order valence-electron chi connectivity index (χ0n) is 16.1. The summed E-state index contributed by atoms with van der Waals surface area (Å²) in [6.07, 6.45) is -1.06. The topological polar surface area (TPSA) is 65.9 Å². The third-order valence-corrected chi connectivity index (χ3v) is 4.06. The highest BCUT2D eigenvalue weighted by molar-refractivity contribution is 14.0. The van der Waals surface area contributed by atoms with Gasteiger partial charge in [0.2, 0.25) is 0 Å². The molecule has 5 nitrogen and oxygen atoms in total. The summed E-state index contributed by atoms with van der Waals surface area (Å²) in [5, 5.41) is 16.4. The Hall–Kier alpha value is -1.94. The van der Waals surface area contributed by atoms with E-state index in [-0.39, 0.29) is 47.9 Å². The maximum atomic E-state index is 13.9. The third-order valence-electron chi connectivity index (χ3n) is 4.06. The van der Waals surface area contributed by atoms with E-state index in [1.54, 1.807) is 24.3 Å². The van der Waals surface area contributed by atoms with Crippen molar-refractivity contribution >= 4 is 29.9 Å². The van der Waals surface area contributed by atoms with Crippen molar-refractivity contribution in [1.29, 1.82) is 0 Å². The second-order valence-corrected chi connectivity index (χ2v) is 6.02. The van der Waals surface area contributed by atoms with Gasteiger partial charge in [0.25, 0.3) is 0 Å². The largest absolute Gasteiger partial charge is 0.494 e. The minimum Gasteiger partial charge on any atom is -0.494 e. The normalized spacial score (nSPS) is 13.3. The average molecular weight is 505 g/mol. The molecule has 2 rings (SSSR count). The number of rotatable bonds is 7. The van der Waals surface area contributed by atoms with Crippen LogP contribution < -0.4 is 15.4 Å². The fourth-order valence-corrected chi connectivity index (χ4v) is 2.58. The monoisotopic (exact) mass is 505 g/mol. The van der Waals surface area contributed by atoms with Crippen LogP contribution in [-0.2, 0) is 0 Å². The van der Waals surface area contributed by atoms with Gasteiger partial charge in [-0.2, -0.15) is 0 Å². The minimum absolute atomic E-state index is 0. The molecule has 28 heavy (non-hydrogen) atoms. The van der Waals surface area contributed by atoms with Gasteiger partial charge >= 0.3 is 0 Å². The fraction of sp³-hybridized carbons (Fsp3) is 0.350. The number of guanidine groups is 1. The van der Waals surface area contributed by atoms with E-state index in [1.807, 2.05) is 13.8 Å². The molecule has 154 valence electrons. The standard InChI is InChI=1S/C20H25F2N3O2.HI/c1-4-23-20(24-12-18(26)15-7-5-6-8-16(15)21)25-13(2)14-9-10-19(27-3)17(22)11-14;/h5-11,13,18,26H,4,12H2,1-3H3,(H2,23,24,25);1H. The SMILES string of the molecule is CCNC(=NCC(O)c1ccccc1F)NC(C)c1ccc(OC)c(F)c1.I. The van der Waals surface area contributed by atoms with Crippen molar-refractivity contribution < 1.29 is 18.6 Å². The van der Waals surface area contributed by atoms with Crippen molar-refractivity contribution in [1.82, 2.24) is 10.6 Å². The number of aliphatic imine (C=N–C) groups is 1. The van der Waals surface area contributed by atoms with Gasteiger partial charge in [-0.05, 0) is 37.6 Å². The minimum atomic E-state index is -1.06. The molecule has 0 aliphatic rings. The molecule has 2 aromatic carbocycles. The van der Waals surface area contributed by atoms with Crippen LogP contribution in [0.25, 0.3) is 0 Å². The van der Waals surface area contributed by atoms with Crippen LogP contribution in [0.1, 0.15) is 37.1 Å². The van der Waals surface area contributed by atoms with E-state index in [0.29, 0.717) is 18.1 Å². The Morgan fingerprint density at radius 1 is 1.18 bits per heavy atom. The average Bonchev–Trinajstić information content (AvgIpc) is 2.66. The first-order chi connectivity index (χ1) is 13.0. The van der Waals surface area contributed by atoms with Crippen molar-refractivity contribution in [3.8, 4) is 5.75 Å². The molecule has 0 amide bonds. The number of nitrogens with zero attached hydrogens (tertiary/aromatic N) is 1. The van der Waals surface area contributed by atoms with Gasteiger partial charge in [-0.3, -0.25) is 4.99 Å². The van der Waals surface area contributed by atoms with Crippen molar-refractivity contribution in [2.75, 3.05) is 20.2 Å². The second-order valence-electron chi connectivity index (χ2n) is 6.02. The van der Waals surface area contributed by atoms with E-state index in [2.05, 4.69) is 15.6 Å². The van der Waals surface area contributed by atoms with E-state index in [1.165, 1.54) is 25.3 Å². The van der Waals surface area contributed by atoms with Gasteiger partial charge in [0.05, 0.1) is 19.7 Å². The zero-order valence-corrected chi connectivity index (χ0v) is 18.4. The Morgan fingerprint density at radius 2 is 1.89 bits per heavy atom. The number of aliphatic hydroxyl groups excluding tert-OH is 1. The number of hydrogen-bond acceptors (Lipinski definition) is 3. The maximum Gasteiger partial charge on any atom is 0.191 e. The highest BCUT2D eigenvalue weighted by Gasteiger charge is 2.14. The summed E-state index contributed by atoms with van der Waals surface area (Å²) in [5.41, 5.74) is 0.913. The number of ether oxygens (including phenoxy) is 1. The quantitative estimate of drug-likeness (QED) is 0.303. The van der Waals surface area contributed by atoms with Crippen LogP contribution in [0.5, 0.6) is 5.75 Å². The maximum absolute atomic E-state index is 13.9. The molecule has 8 heteroatoms. The first-order valence-corrected chi connectivity index (χ1v) is 8.77. The predicted molar refractivity (Wildman–Crippen MR) is 117 cm³/mol. The lowest BCUT2D eigenvalue weighted by atomic mass is 10.1. The van der Waals surface area contributed by atoms with Crippen molar-refractivity contribution in [2.24, 2.45) is 4.99 Å². The summed E-state index contributed by atoms with van der Waals surface area (Å²) in [6.45, 7) is 4.36. The lowest BCUT2D eigenvalue weighted by Crippen LogP contribution is -2.39. The van der Waals surface area contributed by atoms with E-state index < -0.39 is 17.7 Å². The van der Waals surface area contributed by atoms with Crippen LogP contribution in [0.2, 0.25) is 0 Å². The Labute approximate surface area is 181 Å². The van der Waals surface area contributed by atoms with Crippen molar-refractivity contribution in [2.45, 2.75) is 26.0 Å². The first-order valence-electron chi connectivity index (χ1n) is 8.77. The van der Waals surface area contributed by atoms with Gasteiger partial charge in [0.1, 0.15) is 11.9 Å². The first kappa shape index (κ1) is 24.1. The molecule has 0 radical (unpaired) electrons. The Morgan fingerprint density at radius 3 is 2.50 bits per heavy atom. The van der Waals surface area contributed by atoms with E-state index in [9.17, 15) is 13.9 Å². The Kier molecular flexibility index (Phi) is 10.2. The number of methoxy groups -OCH3 is 1. The number of nitrogens with one attached hydrogen (secondary N) is 2. The van der Waals surface area contributed by atoms with E-state index >= 15 is 0 Å². The van der Waals surface area contributed by atoms with Gasteiger partial charge in [0, 0.05) is 12.1 Å². The summed E-state index contributed by atoms with van der Waals surface area (Å²) in [7, 11) is 1.41. The molecule has 0 spiro atoms. The second kappa shape index (κ2) is 11.8. The fourth-order valence-electron chi connectivity index (χ4n) is 2.58. The molecule has 0 saturated heterocycles. The van der Waals surface area contributed by atoms with E-state index in [0.717, 1.165) is 0 Å². The highest BCUT2D eigenvalue weighted by atomic mass is 127. The number of aliphatic hydroxyl groups is 1. The lowest BCUT2D eigenvalue weighted by Gasteiger charge is -2.19. The molecule has 0 aromatic heterocycles. The molecule has 0 aliphatic carbocycles. The Bertz CT molecular complexity index is 790. The number of benzene rings is 2. The summed E-state index contributed by atoms with van der Waals surface area (Å²) in [6, 6.07) is 10.5. The highest BCUT2D eigenvalue weighted by Crippen LogP contribution is 2.22. The van der Waals surface area contributed by atoms with Gasteiger partial charge in [0.15, 0.2) is 17.5 Å². The van der Waals surface area contributed by atoms with Crippen molar-refractivity contribution in [3.63, 3.8) is 0 Å². The van der Waals surface area contributed by atoms with Crippen LogP contribution in [0, 0.1) is 11.6 Å². The molecule has 0 aliphatic heterocycles. The molecule has 0 bridgehead atoms. The predicted octanol–water partition coefficient (Wildman–Crippen LogP) is 3.94. The van der Waals surface area contributed by atoms with Crippen molar-refractivity contribution in [3.05, 3.63) is 65.2 Å². The van der Waals surface area contributed by atoms with Gasteiger partial charge in [-0.1, -0.05) is 24.3 Å². The molecule has 2 aromatic rings. The van der Waals surface area contributed by atoms with Gasteiger partial charge in [-0.15, -0.1) is 24.0 Å². The van der Waals surface area contributed by atoms with Gasteiger partial charge in [-0.25, -0.2) is 8.78 Å². The van der Waals surface area contributed by atoms with Crippen LogP contribution in [0.4, 0.5) is 8.78 Å². The Balaban J connectivity index is 0.00000392. The van der Waals surface area contributed by atoms with Crippen LogP contribution in [0.15, 0.2) is 47.5 Å². The van der Waals surface area contributed by atoms with E-state index in [4.69, 9.17) is 4.74 Å². The molecule has 2 atom stereocenters.